The Morgan fingerprint density at radius 3 is 2.63 bits per heavy atom. The Morgan fingerprint density at radius 2 is 2.00 bits per heavy atom. The van der Waals surface area contributed by atoms with Crippen molar-refractivity contribution in [3.05, 3.63) is 42.0 Å². The Kier molecular flexibility index (Phi) is 3.28. The highest BCUT2D eigenvalue weighted by molar-refractivity contribution is 5.89. The van der Waals surface area contributed by atoms with E-state index in [1.807, 2.05) is 31.2 Å². The van der Waals surface area contributed by atoms with Crippen molar-refractivity contribution in [2.75, 3.05) is 11.9 Å². The van der Waals surface area contributed by atoms with E-state index in [1.165, 1.54) is 18.4 Å². The molecule has 3 nitrogen and oxygen atoms in total. The van der Waals surface area contributed by atoms with Gasteiger partial charge in [-0.2, -0.15) is 0 Å². The van der Waals surface area contributed by atoms with Crippen LogP contribution in [-0.2, 0) is 0 Å². The Morgan fingerprint density at radius 1 is 1.21 bits per heavy atom. The molecule has 0 aliphatic heterocycles. The van der Waals surface area contributed by atoms with E-state index in [9.17, 15) is 4.79 Å². The lowest BCUT2D eigenvalue weighted by atomic mass is 9.94. The number of fused-ring (bicyclic) bond motifs is 2. The molecule has 0 saturated heterocycles. The van der Waals surface area contributed by atoms with Gasteiger partial charge in [0.15, 0.2) is 0 Å². The number of carbonyl (C=O) groups is 1. The van der Waals surface area contributed by atoms with E-state index in [1.54, 1.807) is 0 Å². The van der Waals surface area contributed by atoms with Crippen LogP contribution in [0.15, 0.2) is 36.4 Å². The summed E-state index contributed by atoms with van der Waals surface area (Å²) in [6, 6.07) is 7.74. The van der Waals surface area contributed by atoms with Crippen LogP contribution in [0.4, 0.5) is 10.5 Å². The minimum atomic E-state index is -0.101. The molecular formula is C16H20N2O. The Balaban J connectivity index is 1.47. The summed E-state index contributed by atoms with van der Waals surface area (Å²) in [6.45, 7) is 2.82. The Labute approximate surface area is 114 Å². The molecule has 1 aromatic rings. The fraction of sp³-hybridized carbons (Fsp3) is 0.438. The molecule has 0 spiro atoms. The molecule has 19 heavy (non-hydrogen) atoms. The molecule has 3 rings (SSSR count). The van der Waals surface area contributed by atoms with Gasteiger partial charge in [0.1, 0.15) is 0 Å². The minimum absolute atomic E-state index is 0.101. The van der Waals surface area contributed by atoms with E-state index < -0.39 is 0 Å². The summed E-state index contributed by atoms with van der Waals surface area (Å²) in [4.78, 5) is 11.8. The number of carbonyl (C=O) groups excluding carboxylic acids is 1. The topological polar surface area (TPSA) is 41.1 Å². The largest absolute Gasteiger partial charge is 0.338 e. The molecule has 3 unspecified atom stereocenters. The van der Waals surface area contributed by atoms with Gasteiger partial charge in [-0.3, -0.25) is 0 Å². The molecule has 1 saturated carbocycles. The smallest absolute Gasteiger partial charge is 0.319 e. The molecule has 2 amide bonds. The van der Waals surface area contributed by atoms with Gasteiger partial charge in [-0.1, -0.05) is 29.8 Å². The van der Waals surface area contributed by atoms with E-state index in [4.69, 9.17) is 0 Å². The van der Waals surface area contributed by atoms with Crippen molar-refractivity contribution < 1.29 is 4.79 Å². The van der Waals surface area contributed by atoms with E-state index >= 15 is 0 Å². The monoisotopic (exact) mass is 256 g/mol. The molecule has 1 fully saturated rings. The molecule has 2 aliphatic carbocycles. The van der Waals surface area contributed by atoms with E-state index in [0.29, 0.717) is 11.8 Å². The number of nitrogens with one attached hydrogen (secondary N) is 2. The number of anilines is 1. The van der Waals surface area contributed by atoms with Crippen molar-refractivity contribution in [1.82, 2.24) is 5.32 Å². The summed E-state index contributed by atoms with van der Waals surface area (Å²) in [5, 5.41) is 5.86. The first-order valence-corrected chi connectivity index (χ1v) is 7.00. The number of urea groups is 1. The summed E-state index contributed by atoms with van der Waals surface area (Å²) in [5.74, 6) is 2.07. The lowest BCUT2D eigenvalue weighted by Crippen LogP contribution is -2.34. The molecule has 3 heteroatoms. The van der Waals surface area contributed by atoms with Crippen LogP contribution in [-0.4, -0.2) is 12.6 Å². The fourth-order valence-corrected chi connectivity index (χ4v) is 3.17. The summed E-state index contributed by atoms with van der Waals surface area (Å²) in [6.07, 6.45) is 7.16. The van der Waals surface area contributed by atoms with Gasteiger partial charge in [-0.05, 0) is 49.7 Å². The van der Waals surface area contributed by atoms with Crippen LogP contribution in [0, 0.1) is 24.7 Å². The summed E-state index contributed by atoms with van der Waals surface area (Å²) < 4.78 is 0. The molecule has 2 bridgehead atoms. The molecule has 100 valence electrons. The Hall–Kier alpha value is -1.77. The third-order valence-corrected chi connectivity index (χ3v) is 4.25. The summed E-state index contributed by atoms with van der Waals surface area (Å²) >= 11 is 0. The first-order valence-electron chi connectivity index (χ1n) is 7.00. The van der Waals surface area contributed by atoms with E-state index in [0.717, 1.165) is 18.2 Å². The molecule has 2 N–H and O–H groups in total. The van der Waals surface area contributed by atoms with Crippen LogP contribution < -0.4 is 10.6 Å². The molecule has 2 aliphatic rings. The standard InChI is InChI=1S/C16H20N2O/c1-11-2-6-15(7-3-11)18-16(19)17-10-14-9-12-4-5-13(14)8-12/h2-7,12-14H,8-10H2,1H3,(H2,17,18,19). The summed E-state index contributed by atoms with van der Waals surface area (Å²) in [7, 11) is 0. The normalized spacial score (nSPS) is 27.5. The minimum Gasteiger partial charge on any atom is -0.338 e. The number of allylic oxidation sites excluding steroid dienone is 2. The first-order chi connectivity index (χ1) is 9.20. The van der Waals surface area contributed by atoms with Gasteiger partial charge in [0.25, 0.3) is 0 Å². The number of benzene rings is 1. The van der Waals surface area contributed by atoms with Gasteiger partial charge in [0.2, 0.25) is 0 Å². The van der Waals surface area contributed by atoms with Crippen molar-refractivity contribution in [3.63, 3.8) is 0 Å². The van der Waals surface area contributed by atoms with Gasteiger partial charge in [0, 0.05) is 12.2 Å². The second-order valence-corrected chi connectivity index (χ2v) is 5.74. The van der Waals surface area contributed by atoms with Crippen molar-refractivity contribution in [2.24, 2.45) is 17.8 Å². The maximum Gasteiger partial charge on any atom is 0.319 e. The molecule has 1 aromatic carbocycles. The predicted octanol–water partition coefficient (Wildman–Crippen LogP) is 3.33. The van der Waals surface area contributed by atoms with E-state index in [-0.39, 0.29) is 6.03 Å². The lowest BCUT2D eigenvalue weighted by Gasteiger charge is -2.18. The van der Waals surface area contributed by atoms with E-state index in [2.05, 4.69) is 22.8 Å². The van der Waals surface area contributed by atoms with Gasteiger partial charge >= 0.3 is 6.03 Å². The maximum absolute atomic E-state index is 11.8. The van der Waals surface area contributed by atoms with Crippen LogP contribution in [0.3, 0.4) is 0 Å². The highest BCUT2D eigenvalue weighted by Crippen LogP contribution is 2.42. The number of amides is 2. The van der Waals surface area contributed by atoms with Gasteiger partial charge in [0.05, 0.1) is 0 Å². The molecule has 0 heterocycles. The fourth-order valence-electron chi connectivity index (χ4n) is 3.17. The highest BCUT2D eigenvalue weighted by atomic mass is 16.2. The quantitative estimate of drug-likeness (QED) is 0.800. The zero-order chi connectivity index (χ0) is 13.2. The summed E-state index contributed by atoms with van der Waals surface area (Å²) in [5.41, 5.74) is 2.04. The van der Waals surface area contributed by atoms with Crippen LogP contribution >= 0.6 is 0 Å². The molecule has 0 radical (unpaired) electrons. The second kappa shape index (κ2) is 5.08. The van der Waals surface area contributed by atoms with Gasteiger partial charge in [-0.25, -0.2) is 4.79 Å². The van der Waals surface area contributed by atoms with Crippen molar-refractivity contribution in [1.29, 1.82) is 0 Å². The number of hydrogen-bond acceptors (Lipinski definition) is 1. The van der Waals surface area contributed by atoms with Crippen molar-refractivity contribution in [3.8, 4) is 0 Å². The maximum atomic E-state index is 11.8. The number of aryl methyl sites for hydroxylation is 1. The van der Waals surface area contributed by atoms with Crippen molar-refractivity contribution in [2.45, 2.75) is 19.8 Å². The zero-order valence-electron chi connectivity index (χ0n) is 11.2. The number of rotatable bonds is 3. The number of hydrogen-bond donors (Lipinski definition) is 2. The van der Waals surface area contributed by atoms with Crippen LogP contribution in [0.5, 0.6) is 0 Å². The second-order valence-electron chi connectivity index (χ2n) is 5.74. The van der Waals surface area contributed by atoms with Gasteiger partial charge in [-0.15, -0.1) is 0 Å². The van der Waals surface area contributed by atoms with Crippen LogP contribution in [0.1, 0.15) is 18.4 Å². The Bertz CT molecular complexity index is 492. The third kappa shape index (κ3) is 2.80. The average Bonchev–Trinajstić information content (AvgIpc) is 3.01. The molecular weight excluding hydrogens is 236 g/mol. The average molecular weight is 256 g/mol. The van der Waals surface area contributed by atoms with Crippen LogP contribution in [0.2, 0.25) is 0 Å². The first kappa shape index (κ1) is 12.3. The highest BCUT2D eigenvalue weighted by Gasteiger charge is 2.35. The van der Waals surface area contributed by atoms with Gasteiger partial charge < -0.3 is 10.6 Å². The van der Waals surface area contributed by atoms with Crippen molar-refractivity contribution >= 4 is 11.7 Å². The molecule has 0 aromatic heterocycles. The van der Waals surface area contributed by atoms with Crippen LogP contribution in [0.25, 0.3) is 0 Å². The molecule has 3 atom stereocenters. The predicted molar refractivity (Wildman–Crippen MR) is 77.0 cm³/mol. The zero-order valence-corrected chi connectivity index (χ0v) is 11.2. The lowest BCUT2D eigenvalue weighted by molar-refractivity contribution is 0.249. The third-order valence-electron chi connectivity index (χ3n) is 4.25. The SMILES string of the molecule is Cc1ccc(NC(=O)NCC2CC3C=CC2C3)cc1.